The van der Waals surface area contributed by atoms with Crippen LogP contribution in [-0.4, -0.2) is 47.1 Å². The van der Waals surface area contributed by atoms with Gasteiger partial charge in [-0.15, -0.1) is 0 Å². The minimum Gasteiger partial charge on any atom is -0.487 e. The van der Waals surface area contributed by atoms with Crippen LogP contribution in [0.1, 0.15) is 76.8 Å². The molecule has 1 aromatic carbocycles. The molecule has 0 aromatic heterocycles. The maximum atomic E-state index is 11.8. The van der Waals surface area contributed by atoms with Gasteiger partial charge in [0.15, 0.2) is 6.61 Å². The van der Waals surface area contributed by atoms with Crippen molar-refractivity contribution < 1.29 is 24.5 Å². The molecule has 3 rings (SSSR count). The highest BCUT2D eigenvalue weighted by atomic mass is 16.5. The van der Waals surface area contributed by atoms with Crippen molar-refractivity contribution in [3.05, 3.63) is 23.3 Å². The van der Waals surface area contributed by atoms with Crippen molar-refractivity contribution >= 4 is 5.91 Å². The molecule has 6 heteroatoms. The van der Waals surface area contributed by atoms with Crippen molar-refractivity contribution in [2.24, 2.45) is 5.92 Å². The van der Waals surface area contributed by atoms with E-state index in [2.05, 4.69) is 32.2 Å². The molecule has 1 aliphatic heterocycles. The molecule has 6 nitrogen and oxygen atoms in total. The maximum absolute atomic E-state index is 11.8. The molecule has 0 spiro atoms. The molecule has 30 heavy (non-hydrogen) atoms. The first-order valence-corrected chi connectivity index (χ1v) is 11.2. The molecule has 3 N–H and O–H groups in total. The Morgan fingerprint density at radius 1 is 1.30 bits per heavy atom. The minimum atomic E-state index is -1.18. The Hall–Kier alpha value is -1.79. The Kier molecular flexibility index (Phi) is 6.68. The van der Waals surface area contributed by atoms with E-state index in [1.165, 1.54) is 0 Å². The molecule has 0 radical (unpaired) electrons. The summed E-state index contributed by atoms with van der Waals surface area (Å²) in [5.74, 6) is 1.24. The molecule has 0 saturated heterocycles. The molecule has 168 valence electrons. The molecule has 2 unspecified atom stereocenters. The number of carbonyl (C=O) groups excluding carboxylic acids is 1. The van der Waals surface area contributed by atoms with E-state index in [0.29, 0.717) is 18.6 Å². The second-order valence-corrected chi connectivity index (χ2v) is 9.66. The molecule has 4 atom stereocenters. The van der Waals surface area contributed by atoms with Crippen LogP contribution in [0.25, 0.3) is 0 Å². The van der Waals surface area contributed by atoms with Crippen molar-refractivity contribution in [1.82, 2.24) is 5.32 Å². The number of rotatable bonds is 7. The number of aryl methyl sites for hydroxylation is 1. The topological polar surface area (TPSA) is 88.0 Å². The number of carbonyl (C=O) groups is 1. The molecular weight excluding hydrogens is 382 g/mol. The van der Waals surface area contributed by atoms with E-state index in [-0.39, 0.29) is 24.3 Å². The predicted octanol–water partition coefficient (Wildman–Crippen LogP) is 3.32. The van der Waals surface area contributed by atoms with Gasteiger partial charge in [-0.05, 0) is 64.2 Å². The molecule has 0 bridgehead atoms. The number of fused-ring (bicyclic) bond motifs is 3. The lowest BCUT2D eigenvalue weighted by molar-refractivity contribution is -0.137. The average Bonchev–Trinajstić information content (AvgIpc) is 2.67. The third kappa shape index (κ3) is 4.59. The molecular formula is C24H37NO5. The highest BCUT2D eigenvalue weighted by Gasteiger charge is 2.53. The fourth-order valence-electron chi connectivity index (χ4n) is 4.98. The third-order valence-corrected chi connectivity index (χ3v) is 6.82. The molecule has 1 amide bonds. The Bertz CT molecular complexity index is 773. The number of likely N-dealkylation sites (N-methyl/N-ethyl adjacent to an activating group) is 1. The zero-order valence-electron chi connectivity index (χ0n) is 19.0. The van der Waals surface area contributed by atoms with Crippen LogP contribution in [0, 0.1) is 5.92 Å². The molecule has 1 aromatic rings. The summed E-state index contributed by atoms with van der Waals surface area (Å²) >= 11 is 0. The van der Waals surface area contributed by atoms with Gasteiger partial charge in [-0.2, -0.15) is 0 Å². The summed E-state index contributed by atoms with van der Waals surface area (Å²) in [6.07, 6.45) is 4.39. The fraction of sp³-hybridized carbons (Fsp3) is 0.708. The standard InChI is InChI=1S/C24H37NO5/c1-6-7-8-9-15-10-18(29-14-21(27)25-5)22-16-13-24(4,28)20(26)12-17(16)23(2,3)30-19(22)11-15/h10-11,16-17,20,26,28H,6-9,12-14H2,1-5H3,(H,25,27)/t16-,17-,20?,24?/m1/s1. The molecule has 1 aliphatic carbocycles. The van der Waals surface area contributed by atoms with Crippen LogP contribution in [-0.2, 0) is 11.2 Å². The van der Waals surface area contributed by atoms with E-state index >= 15 is 0 Å². The third-order valence-electron chi connectivity index (χ3n) is 6.82. The summed E-state index contributed by atoms with van der Waals surface area (Å²) in [5, 5.41) is 23.9. The van der Waals surface area contributed by atoms with Crippen molar-refractivity contribution in [2.75, 3.05) is 13.7 Å². The van der Waals surface area contributed by atoms with Crippen molar-refractivity contribution in [2.45, 2.75) is 89.4 Å². The number of hydrogen-bond acceptors (Lipinski definition) is 5. The van der Waals surface area contributed by atoms with Gasteiger partial charge in [-0.3, -0.25) is 4.79 Å². The van der Waals surface area contributed by atoms with Gasteiger partial charge in [0.2, 0.25) is 0 Å². The summed E-state index contributed by atoms with van der Waals surface area (Å²) < 4.78 is 12.4. The maximum Gasteiger partial charge on any atom is 0.257 e. The summed E-state index contributed by atoms with van der Waals surface area (Å²) in [4.78, 5) is 11.8. The number of hydrogen-bond donors (Lipinski definition) is 3. The second-order valence-electron chi connectivity index (χ2n) is 9.66. The number of aliphatic hydroxyl groups is 2. The van der Waals surface area contributed by atoms with Crippen LogP contribution in [0.4, 0.5) is 0 Å². The van der Waals surface area contributed by atoms with Gasteiger partial charge in [-0.1, -0.05) is 19.8 Å². The Labute approximate surface area is 180 Å². The molecule has 1 heterocycles. The van der Waals surface area contributed by atoms with Crippen molar-refractivity contribution in [1.29, 1.82) is 0 Å². The van der Waals surface area contributed by atoms with Crippen LogP contribution in [0.2, 0.25) is 0 Å². The zero-order valence-corrected chi connectivity index (χ0v) is 19.0. The minimum absolute atomic E-state index is 0.0217. The van der Waals surface area contributed by atoms with E-state index < -0.39 is 17.3 Å². The SMILES string of the molecule is CCCCCc1cc(OCC(=O)NC)c2c(c1)OC(C)(C)[C@@H]1CC(O)C(C)(O)C[C@@H]21. The number of benzene rings is 1. The van der Waals surface area contributed by atoms with Crippen LogP contribution in [0.5, 0.6) is 11.5 Å². The normalized spacial score (nSPS) is 29.4. The first-order valence-electron chi connectivity index (χ1n) is 11.2. The van der Waals surface area contributed by atoms with E-state index in [0.717, 1.165) is 42.6 Å². The van der Waals surface area contributed by atoms with Gasteiger partial charge in [0.05, 0.1) is 11.7 Å². The Morgan fingerprint density at radius 2 is 2.03 bits per heavy atom. The molecule has 1 saturated carbocycles. The Balaban J connectivity index is 2.03. The van der Waals surface area contributed by atoms with Gasteiger partial charge < -0.3 is 25.0 Å². The van der Waals surface area contributed by atoms with E-state index in [9.17, 15) is 15.0 Å². The van der Waals surface area contributed by atoms with Crippen LogP contribution >= 0.6 is 0 Å². The average molecular weight is 420 g/mol. The largest absolute Gasteiger partial charge is 0.487 e. The fourth-order valence-corrected chi connectivity index (χ4v) is 4.98. The predicted molar refractivity (Wildman–Crippen MR) is 116 cm³/mol. The van der Waals surface area contributed by atoms with Gasteiger partial charge >= 0.3 is 0 Å². The van der Waals surface area contributed by atoms with Gasteiger partial charge in [0, 0.05) is 24.4 Å². The van der Waals surface area contributed by atoms with E-state index in [1.807, 2.05) is 6.07 Å². The quantitative estimate of drug-likeness (QED) is 0.590. The van der Waals surface area contributed by atoms with Gasteiger partial charge in [0.25, 0.3) is 5.91 Å². The Morgan fingerprint density at radius 3 is 2.70 bits per heavy atom. The molecule has 1 fully saturated rings. The first-order chi connectivity index (χ1) is 14.1. The summed E-state index contributed by atoms with van der Waals surface area (Å²) in [5.41, 5.74) is 0.388. The lowest BCUT2D eigenvalue weighted by Crippen LogP contribution is -2.55. The first kappa shape index (κ1) is 22.9. The van der Waals surface area contributed by atoms with Crippen LogP contribution in [0.3, 0.4) is 0 Å². The van der Waals surface area contributed by atoms with Crippen LogP contribution in [0.15, 0.2) is 12.1 Å². The molecule has 2 aliphatic rings. The number of nitrogens with one attached hydrogen (secondary N) is 1. The monoisotopic (exact) mass is 419 g/mol. The van der Waals surface area contributed by atoms with Crippen molar-refractivity contribution in [3.63, 3.8) is 0 Å². The zero-order chi connectivity index (χ0) is 22.1. The van der Waals surface area contributed by atoms with E-state index in [1.54, 1.807) is 14.0 Å². The van der Waals surface area contributed by atoms with Crippen molar-refractivity contribution in [3.8, 4) is 11.5 Å². The number of amides is 1. The van der Waals surface area contributed by atoms with Crippen LogP contribution < -0.4 is 14.8 Å². The van der Waals surface area contributed by atoms with Gasteiger partial charge in [0.1, 0.15) is 17.1 Å². The van der Waals surface area contributed by atoms with E-state index in [4.69, 9.17) is 9.47 Å². The lowest BCUT2D eigenvalue weighted by atomic mass is 9.62. The smallest absolute Gasteiger partial charge is 0.257 e. The highest BCUT2D eigenvalue weighted by molar-refractivity contribution is 5.77. The highest BCUT2D eigenvalue weighted by Crippen LogP contribution is 2.56. The lowest BCUT2D eigenvalue weighted by Gasteiger charge is -2.52. The number of aliphatic hydroxyl groups excluding tert-OH is 1. The second kappa shape index (κ2) is 8.75. The summed E-state index contributed by atoms with van der Waals surface area (Å²) in [6.45, 7) is 7.91. The number of unbranched alkanes of at least 4 members (excludes halogenated alkanes) is 2. The van der Waals surface area contributed by atoms with Gasteiger partial charge in [-0.25, -0.2) is 0 Å². The summed E-state index contributed by atoms with van der Waals surface area (Å²) in [7, 11) is 1.59. The number of ether oxygens (including phenoxy) is 2. The summed E-state index contributed by atoms with van der Waals surface area (Å²) in [6, 6.07) is 4.12.